The van der Waals surface area contributed by atoms with Gasteiger partial charge in [0.05, 0.1) is 11.4 Å². The van der Waals surface area contributed by atoms with Crippen molar-refractivity contribution in [2.45, 2.75) is 52.5 Å². The molecule has 0 saturated carbocycles. The van der Waals surface area contributed by atoms with Crippen molar-refractivity contribution >= 4 is 16.0 Å². The van der Waals surface area contributed by atoms with Crippen molar-refractivity contribution in [1.29, 1.82) is 0 Å². The van der Waals surface area contributed by atoms with Crippen LogP contribution >= 0.6 is 0 Å². The molecule has 0 aliphatic rings. The highest BCUT2D eigenvalue weighted by Crippen LogP contribution is 2.22. The van der Waals surface area contributed by atoms with Gasteiger partial charge in [-0.25, -0.2) is 13.1 Å². The first-order valence-electron chi connectivity index (χ1n) is 7.14. The predicted octanol–water partition coefficient (Wildman–Crippen LogP) is 1.90. The van der Waals surface area contributed by atoms with Crippen molar-refractivity contribution in [3.05, 3.63) is 17.3 Å². The number of rotatable bonds is 6. The second kappa shape index (κ2) is 6.07. The van der Waals surface area contributed by atoms with Crippen LogP contribution in [-0.2, 0) is 23.0 Å². The summed E-state index contributed by atoms with van der Waals surface area (Å²) in [5.74, 6) is 0.680. The van der Waals surface area contributed by atoms with Crippen molar-refractivity contribution in [1.82, 2.24) is 19.9 Å². The Morgan fingerprint density at radius 1 is 1.32 bits per heavy atom. The first kappa shape index (κ1) is 16.5. The van der Waals surface area contributed by atoms with Gasteiger partial charge in [0.25, 0.3) is 16.0 Å². The van der Waals surface area contributed by atoms with Gasteiger partial charge in [-0.2, -0.15) is 10.1 Å². The van der Waals surface area contributed by atoms with Gasteiger partial charge in [-0.3, -0.25) is 4.68 Å². The summed E-state index contributed by atoms with van der Waals surface area (Å²) in [6.45, 7) is 10.0. The van der Waals surface area contributed by atoms with Crippen molar-refractivity contribution in [3.8, 4) is 0 Å². The SMILES string of the molecule is CCc1nc(NS(=O)(=O)c2c(C)nn(CC(C)C)c2C)no1. The molecule has 0 fully saturated rings. The standard InChI is InChI=1S/C13H21N5O3S/c1-6-11-14-13(16-21-11)17-22(19,20)12-9(4)15-18(10(12)5)7-8(2)3/h8H,6-7H2,1-5H3,(H,16,17). The number of aromatic nitrogens is 4. The molecule has 0 aliphatic carbocycles. The molecule has 122 valence electrons. The molecular formula is C13H21N5O3S. The second-order valence-corrected chi connectivity index (χ2v) is 7.17. The summed E-state index contributed by atoms with van der Waals surface area (Å²) in [6, 6.07) is 0. The third-order valence-electron chi connectivity index (χ3n) is 3.12. The number of hydrogen-bond donors (Lipinski definition) is 1. The van der Waals surface area contributed by atoms with Crippen LogP contribution in [0.2, 0.25) is 0 Å². The minimum Gasteiger partial charge on any atom is -0.337 e. The molecule has 2 aromatic heterocycles. The fourth-order valence-electron chi connectivity index (χ4n) is 2.20. The molecule has 0 amide bonds. The molecule has 2 heterocycles. The molecule has 0 bridgehead atoms. The van der Waals surface area contributed by atoms with Gasteiger partial charge >= 0.3 is 0 Å². The van der Waals surface area contributed by atoms with Crippen LogP contribution in [-0.4, -0.2) is 28.3 Å². The fourth-order valence-corrected chi connectivity index (χ4v) is 3.55. The Hall–Kier alpha value is -1.90. The first-order valence-corrected chi connectivity index (χ1v) is 8.62. The summed E-state index contributed by atoms with van der Waals surface area (Å²) in [5, 5.41) is 7.92. The second-order valence-electron chi connectivity index (χ2n) is 5.55. The Labute approximate surface area is 130 Å². The predicted molar refractivity (Wildman–Crippen MR) is 81.0 cm³/mol. The average molecular weight is 327 g/mol. The highest BCUT2D eigenvalue weighted by Gasteiger charge is 2.26. The van der Waals surface area contributed by atoms with E-state index < -0.39 is 10.0 Å². The molecule has 22 heavy (non-hydrogen) atoms. The van der Waals surface area contributed by atoms with Crippen molar-refractivity contribution in [3.63, 3.8) is 0 Å². The lowest BCUT2D eigenvalue weighted by Crippen LogP contribution is -2.16. The summed E-state index contributed by atoms with van der Waals surface area (Å²) in [5.41, 5.74) is 1.04. The smallest absolute Gasteiger partial charge is 0.277 e. The largest absolute Gasteiger partial charge is 0.337 e. The molecule has 8 nitrogen and oxygen atoms in total. The van der Waals surface area contributed by atoms with E-state index in [1.54, 1.807) is 18.5 Å². The van der Waals surface area contributed by atoms with Crippen LogP contribution in [0.3, 0.4) is 0 Å². The van der Waals surface area contributed by atoms with Gasteiger partial charge in [0.1, 0.15) is 4.90 Å². The van der Waals surface area contributed by atoms with Gasteiger partial charge in [0.15, 0.2) is 0 Å². The summed E-state index contributed by atoms with van der Waals surface area (Å²) in [6.07, 6.45) is 0.541. The number of anilines is 1. The van der Waals surface area contributed by atoms with E-state index >= 15 is 0 Å². The van der Waals surface area contributed by atoms with Crippen LogP contribution < -0.4 is 4.72 Å². The number of nitrogens with zero attached hydrogens (tertiary/aromatic N) is 4. The van der Waals surface area contributed by atoms with Crippen LogP contribution in [0.5, 0.6) is 0 Å². The van der Waals surface area contributed by atoms with Gasteiger partial charge < -0.3 is 4.52 Å². The minimum absolute atomic E-state index is 0.0627. The Bertz CT molecular complexity index is 761. The molecule has 0 saturated heterocycles. The van der Waals surface area contributed by atoms with Crippen LogP contribution in [0.4, 0.5) is 5.95 Å². The van der Waals surface area contributed by atoms with E-state index in [2.05, 4.69) is 33.8 Å². The number of hydrogen-bond acceptors (Lipinski definition) is 6. The maximum atomic E-state index is 12.6. The normalized spacial score (nSPS) is 12.1. The lowest BCUT2D eigenvalue weighted by Gasteiger charge is -2.08. The highest BCUT2D eigenvalue weighted by molar-refractivity contribution is 7.92. The lowest BCUT2D eigenvalue weighted by atomic mass is 10.2. The Balaban J connectivity index is 2.35. The molecule has 0 aromatic carbocycles. The van der Waals surface area contributed by atoms with E-state index in [0.29, 0.717) is 36.2 Å². The zero-order valence-electron chi connectivity index (χ0n) is 13.4. The molecular weight excluding hydrogens is 306 g/mol. The van der Waals surface area contributed by atoms with Crippen LogP contribution in [0.15, 0.2) is 9.42 Å². The Kier molecular flexibility index (Phi) is 4.55. The van der Waals surface area contributed by atoms with E-state index in [9.17, 15) is 8.42 Å². The van der Waals surface area contributed by atoms with Crippen LogP contribution in [0.1, 0.15) is 38.0 Å². The number of nitrogens with one attached hydrogen (secondary N) is 1. The third-order valence-corrected chi connectivity index (χ3v) is 4.70. The van der Waals surface area contributed by atoms with E-state index in [-0.39, 0.29) is 10.8 Å². The quantitative estimate of drug-likeness (QED) is 0.869. The van der Waals surface area contributed by atoms with Gasteiger partial charge in [0, 0.05) is 13.0 Å². The zero-order chi connectivity index (χ0) is 16.5. The van der Waals surface area contributed by atoms with E-state index in [0.717, 1.165) is 0 Å². The molecule has 0 radical (unpaired) electrons. The molecule has 0 unspecified atom stereocenters. The topological polar surface area (TPSA) is 103 Å². The highest BCUT2D eigenvalue weighted by atomic mass is 32.2. The maximum Gasteiger partial charge on any atom is 0.277 e. The zero-order valence-corrected chi connectivity index (χ0v) is 14.2. The van der Waals surface area contributed by atoms with Gasteiger partial charge in [0.2, 0.25) is 5.89 Å². The molecule has 0 aliphatic heterocycles. The van der Waals surface area contributed by atoms with E-state index in [1.807, 2.05) is 6.92 Å². The van der Waals surface area contributed by atoms with Crippen LogP contribution in [0.25, 0.3) is 0 Å². The van der Waals surface area contributed by atoms with Gasteiger partial charge in [-0.05, 0) is 24.9 Å². The average Bonchev–Trinajstić information content (AvgIpc) is 2.94. The summed E-state index contributed by atoms with van der Waals surface area (Å²) >= 11 is 0. The number of aryl methyl sites for hydroxylation is 2. The summed E-state index contributed by atoms with van der Waals surface area (Å²) in [7, 11) is -3.80. The Morgan fingerprint density at radius 2 is 2.00 bits per heavy atom. The molecule has 2 rings (SSSR count). The van der Waals surface area contributed by atoms with E-state index in [1.165, 1.54) is 0 Å². The number of sulfonamides is 1. The summed E-state index contributed by atoms with van der Waals surface area (Å²) < 4.78 is 34.1. The maximum absolute atomic E-state index is 12.6. The molecule has 9 heteroatoms. The van der Waals surface area contributed by atoms with Crippen LogP contribution in [0, 0.1) is 19.8 Å². The van der Waals surface area contributed by atoms with Crippen molar-refractivity contribution in [2.24, 2.45) is 5.92 Å². The van der Waals surface area contributed by atoms with Gasteiger partial charge in [-0.1, -0.05) is 20.8 Å². The fraction of sp³-hybridized carbons (Fsp3) is 0.615. The summed E-state index contributed by atoms with van der Waals surface area (Å²) in [4.78, 5) is 4.12. The van der Waals surface area contributed by atoms with Crippen molar-refractivity contribution in [2.75, 3.05) is 4.72 Å². The molecule has 2 aromatic rings. The lowest BCUT2D eigenvalue weighted by molar-refractivity contribution is 0.383. The van der Waals surface area contributed by atoms with Crippen molar-refractivity contribution < 1.29 is 12.9 Å². The first-order chi connectivity index (χ1) is 10.2. The third kappa shape index (κ3) is 3.29. The monoisotopic (exact) mass is 327 g/mol. The molecule has 0 atom stereocenters. The van der Waals surface area contributed by atoms with E-state index in [4.69, 9.17) is 4.52 Å². The van der Waals surface area contributed by atoms with Gasteiger partial charge in [-0.15, -0.1) is 0 Å². The minimum atomic E-state index is -3.80. The molecule has 1 N–H and O–H groups in total. The Morgan fingerprint density at radius 3 is 2.55 bits per heavy atom. The molecule has 0 spiro atoms.